The molecule has 0 spiro atoms. The number of rotatable bonds is 2. The molecule has 0 N–H and O–H groups in total. The van der Waals surface area contributed by atoms with Gasteiger partial charge in [-0.25, -0.2) is 5.32 Å². The van der Waals surface area contributed by atoms with Gasteiger partial charge >= 0.3 is 0 Å². The van der Waals surface area contributed by atoms with Crippen LogP contribution >= 0.6 is 0 Å². The van der Waals surface area contributed by atoms with Crippen LogP contribution in [0.5, 0.6) is 0 Å². The van der Waals surface area contributed by atoms with Crippen LogP contribution in [0.15, 0.2) is 78.9 Å². The van der Waals surface area contributed by atoms with Crippen LogP contribution in [0.4, 0.5) is 11.4 Å². The van der Waals surface area contributed by atoms with Crippen molar-refractivity contribution in [3.05, 3.63) is 84.4 Å². The molecule has 0 atom stereocenters. The summed E-state index contributed by atoms with van der Waals surface area (Å²) in [5, 5.41) is 9.82. The number of aryl methyl sites for hydroxylation is 1. The number of hydrogen-bond acceptors (Lipinski definition) is 0. The van der Waals surface area contributed by atoms with Gasteiger partial charge in [0.05, 0.1) is 11.4 Å². The Bertz CT molecular complexity index is 970. The largest absolute Gasteiger partial charge is 0.248 e. The number of nitrogens with zero attached hydrogens (tertiary/aromatic N) is 1. The third kappa shape index (κ3) is 2.21. The molecular weight excluding hydrogens is 266 g/mol. The molecule has 4 rings (SSSR count). The van der Waals surface area contributed by atoms with Crippen LogP contribution in [-0.2, 0) is 0 Å². The molecule has 0 fully saturated rings. The summed E-state index contributed by atoms with van der Waals surface area (Å²) in [6.07, 6.45) is 0. The van der Waals surface area contributed by atoms with E-state index in [0.29, 0.717) is 0 Å². The molecule has 1 nitrogen and oxygen atoms in total. The first-order valence-electron chi connectivity index (χ1n) is 7.50. The Morgan fingerprint density at radius 1 is 0.591 bits per heavy atom. The van der Waals surface area contributed by atoms with Crippen LogP contribution in [0.2, 0.25) is 0 Å². The van der Waals surface area contributed by atoms with E-state index in [0.717, 1.165) is 11.4 Å². The van der Waals surface area contributed by atoms with Gasteiger partial charge in [0.1, 0.15) is 0 Å². The van der Waals surface area contributed by atoms with Crippen molar-refractivity contribution >= 4 is 32.9 Å². The molecule has 0 bridgehead atoms. The van der Waals surface area contributed by atoms with Gasteiger partial charge in [-0.1, -0.05) is 54.6 Å². The highest BCUT2D eigenvalue weighted by atomic mass is 14.9. The highest BCUT2D eigenvalue weighted by molar-refractivity contribution is 6.03. The predicted octanol–water partition coefficient (Wildman–Crippen LogP) is 5.87. The van der Waals surface area contributed by atoms with Crippen molar-refractivity contribution in [3.63, 3.8) is 0 Å². The number of para-hydroxylation sites is 1. The Morgan fingerprint density at radius 2 is 1.23 bits per heavy atom. The second-order valence-electron chi connectivity index (χ2n) is 5.60. The van der Waals surface area contributed by atoms with Gasteiger partial charge in [0.2, 0.25) is 0 Å². The minimum Gasteiger partial charge on any atom is -0.248 e. The SMILES string of the molecule is Cc1ccccc1[N]c1cccc2cc3ccccc3cc12. The quantitative estimate of drug-likeness (QED) is 0.408. The standard InChI is InChI=1S/C21H16N/c1-15-7-2-5-11-20(15)22-21-12-6-10-18-13-16-8-3-4-9-17(16)14-19(18)21/h2-14H,1H3. The fourth-order valence-electron chi connectivity index (χ4n) is 2.87. The maximum absolute atomic E-state index is 4.88. The summed E-state index contributed by atoms with van der Waals surface area (Å²) in [5.41, 5.74) is 3.25. The summed E-state index contributed by atoms with van der Waals surface area (Å²) in [4.78, 5) is 0. The van der Waals surface area contributed by atoms with E-state index in [1.54, 1.807) is 0 Å². The van der Waals surface area contributed by atoms with Crippen LogP contribution in [0.3, 0.4) is 0 Å². The third-order valence-corrected chi connectivity index (χ3v) is 4.08. The van der Waals surface area contributed by atoms with E-state index in [4.69, 9.17) is 5.32 Å². The third-order valence-electron chi connectivity index (χ3n) is 4.08. The molecule has 22 heavy (non-hydrogen) atoms. The highest BCUT2D eigenvalue weighted by Gasteiger charge is 2.06. The first-order valence-corrected chi connectivity index (χ1v) is 7.50. The molecule has 0 saturated carbocycles. The first-order chi connectivity index (χ1) is 10.8. The molecule has 0 heterocycles. The molecular formula is C21H16N. The lowest BCUT2D eigenvalue weighted by molar-refractivity contribution is 1.17. The zero-order valence-electron chi connectivity index (χ0n) is 12.5. The second-order valence-corrected chi connectivity index (χ2v) is 5.60. The molecule has 105 valence electrons. The molecule has 4 aromatic carbocycles. The maximum atomic E-state index is 4.88. The summed E-state index contributed by atoms with van der Waals surface area (Å²) < 4.78 is 0. The fourth-order valence-corrected chi connectivity index (χ4v) is 2.87. The monoisotopic (exact) mass is 282 g/mol. The van der Waals surface area contributed by atoms with Gasteiger partial charge in [-0.2, -0.15) is 0 Å². The van der Waals surface area contributed by atoms with Gasteiger partial charge in [0.25, 0.3) is 0 Å². The Labute approximate surface area is 130 Å². The second kappa shape index (κ2) is 5.19. The van der Waals surface area contributed by atoms with Crippen molar-refractivity contribution in [2.45, 2.75) is 6.92 Å². The molecule has 0 aliphatic heterocycles. The van der Waals surface area contributed by atoms with Crippen LogP contribution in [0, 0.1) is 6.92 Å². The summed E-state index contributed by atoms with van der Waals surface area (Å²) in [6, 6.07) is 27.5. The summed E-state index contributed by atoms with van der Waals surface area (Å²) in [5.74, 6) is 0. The summed E-state index contributed by atoms with van der Waals surface area (Å²) in [6.45, 7) is 2.10. The van der Waals surface area contributed by atoms with E-state index < -0.39 is 0 Å². The normalized spacial score (nSPS) is 11.0. The van der Waals surface area contributed by atoms with Gasteiger partial charge in [-0.05, 0) is 52.9 Å². The van der Waals surface area contributed by atoms with Crippen LogP contribution in [0.25, 0.3) is 21.5 Å². The highest BCUT2D eigenvalue weighted by Crippen LogP contribution is 2.31. The van der Waals surface area contributed by atoms with E-state index in [9.17, 15) is 0 Å². The van der Waals surface area contributed by atoms with Gasteiger partial charge in [0.15, 0.2) is 0 Å². The number of hydrogen-bond donors (Lipinski definition) is 0. The molecule has 1 heteroatoms. The molecule has 0 unspecified atom stereocenters. The van der Waals surface area contributed by atoms with Gasteiger partial charge in [-0.15, -0.1) is 0 Å². The zero-order valence-corrected chi connectivity index (χ0v) is 12.5. The van der Waals surface area contributed by atoms with Crippen molar-refractivity contribution < 1.29 is 0 Å². The lowest BCUT2D eigenvalue weighted by Gasteiger charge is -2.10. The minimum atomic E-state index is 1.03. The van der Waals surface area contributed by atoms with Gasteiger partial charge in [0, 0.05) is 5.39 Å². The molecule has 0 saturated heterocycles. The Balaban J connectivity index is 1.90. The van der Waals surface area contributed by atoms with Crippen molar-refractivity contribution in [3.8, 4) is 0 Å². The van der Waals surface area contributed by atoms with Gasteiger partial charge in [-0.3, -0.25) is 0 Å². The van der Waals surface area contributed by atoms with E-state index in [2.05, 4.69) is 73.7 Å². The zero-order chi connectivity index (χ0) is 14.9. The molecule has 0 aliphatic carbocycles. The van der Waals surface area contributed by atoms with Crippen molar-refractivity contribution in [2.75, 3.05) is 0 Å². The first kappa shape index (κ1) is 12.9. The lowest BCUT2D eigenvalue weighted by Crippen LogP contribution is -1.92. The minimum absolute atomic E-state index is 1.03. The van der Waals surface area contributed by atoms with Crippen LogP contribution in [0.1, 0.15) is 5.56 Å². The van der Waals surface area contributed by atoms with Gasteiger partial charge < -0.3 is 0 Å². The molecule has 1 radical (unpaired) electrons. The summed E-state index contributed by atoms with van der Waals surface area (Å²) >= 11 is 0. The van der Waals surface area contributed by atoms with Crippen molar-refractivity contribution in [1.29, 1.82) is 0 Å². The van der Waals surface area contributed by atoms with Crippen LogP contribution in [-0.4, -0.2) is 0 Å². The average molecular weight is 282 g/mol. The number of benzene rings is 4. The maximum Gasteiger partial charge on any atom is 0.0715 e. The fraction of sp³-hybridized carbons (Fsp3) is 0.0476. The van der Waals surface area contributed by atoms with E-state index in [1.165, 1.54) is 27.1 Å². The lowest BCUT2D eigenvalue weighted by atomic mass is 10.0. The Hall–Kier alpha value is -2.80. The smallest absolute Gasteiger partial charge is 0.0715 e. The van der Waals surface area contributed by atoms with E-state index in [1.807, 2.05) is 12.1 Å². The Kier molecular flexibility index (Phi) is 3.05. The Morgan fingerprint density at radius 3 is 2.05 bits per heavy atom. The molecule has 0 aliphatic rings. The van der Waals surface area contributed by atoms with E-state index in [-0.39, 0.29) is 0 Å². The van der Waals surface area contributed by atoms with Crippen molar-refractivity contribution in [1.82, 2.24) is 5.32 Å². The van der Waals surface area contributed by atoms with E-state index >= 15 is 0 Å². The van der Waals surface area contributed by atoms with Crippen molar-refractivity contribution in [2.24, 2.45) is 0 Å². The topological polar surface area (TPSA) is 14.1 Å². The molecule has 4 aromatic rings. The molecule has 0 aromatic heterocycles. The predicted molar refractivity (Wildman–Crippen MR) is 94.1 cm³/mol. The number of fused-ring (bicyclic) bond motifs is 2. The summed E-state index contributed by atoms with van der Waals surface area (Å²) in [7, 11) is 0. The van der Waals surface area contributed by atoms with Crippen LogP contribution < -0.4 is 5.32 Å². The average Bonchev–Trinajstić information content (AvgIpc) is 2.55. The molecule has 0 amide bonds.